The van der Waals surface area contributed by atoms with Crippen LogP contribution in [0.15, 0.2) is 24.3 Å². The molecule has 0 spiro atoms. The maximum Gasteiger partial charge on any atom is 0.309 e. The molecule has 1 heterocycles. The lowest BCUT2D eigenvalue weighted by atomic mass is 10.2. The molecule has 24 heavy (non-hydrogen) atoms. The summed E-state index contributed by atoms with van der Waals surface area (Å²) in [4.78, 5) is 13.9. The fraction of sp³-hybridized carbons (Fsp3) is 0.533. The molecule has 0 atom stereocenters. The van der Waals surface area contributed by atoms with E-state index in [1.165, 1.54) is 11.8 Å². The number of amides is 1. The highest BCUT2D eigenvalue weighted by atomic mass is 35.5. The van der Waals surface area contributed by atoms with Crippen LogP contribution in [0.2, 0.25) is 0 Å². The van der Waals surface area contributed by atoms with Crippen molar-refractivity contribution in [2.45, 2.75) is 19.1 Å². The van der Waals surface area contributed by atoms with Gasteiger partial charge in [-0.25, -0.2) is 0 Å². The van der Waals surface area contributed by atoms with E-state index in [4.69, 9.17) is 4.18 Å². The molecule has 1 aliphatic rings. The van der Waals surface area contributed by atoms with Crippen LogP contribution in [0, 0.1) is 0 Å². The van der Waals surface area contributed by atoms with Gasteiger partial charge in [0.15, 0.2) is 0 Å². The lowest BCUT2D eigenvalue weighted by Crippen LogP contribution is -2.45. The summed E-state index contributed by atoms with van der Waals surface area (Å²) < 4.78 is 28.2. The SMILES string of the molecule is CCCS(=O)(=O)Oc1ccc(CSC(=O)N2CCNCC2)cc1.Cl. The van der Waals surface area contributed by atoms with Gasteiger partial charge in [-0.15, -0.1) is 12.4 Å². The number of carbonyl (C=O) groups is 1. The molecular formula is C15H23ClN2O4S2. The third-order valence-corrected chi connectivity index (χ3v) is 5.68. The maximum atomic E-state index is 12.1. The number of rotatable bonds is 6. The Morgan fingerprint density at radius 3 is 2.46 bits per heavy atom. The van der Waals surface area contributed by atoms with E-state index in [1.54, 1.807) is 31.2 Å². The van der Waals surface area contributed by atoms with Crippen LogP contribution in [-0.2, 0) is 15.9 Å². The third-order valence-electron chi connectivity index (χ3n) is 3.34. The molecule has 0 unspecified atom stereocenters. The average Bonchev–Trinajstić information content (AvgIpc) is 2.54. The number of nitrogens with one attached hydrogen (secondary N) is 1. The first-order valence-electron chi connectivity index (χ1n) is 7.63. The van der Waals surface area contributed by atoms with Gasteiger partial charge >= 0.3 is 10.1 Å². The van der Waals surface area contributed by atoms with E-state index in [2.05, 4.69) is 5.32 Å². The number of thioether (sulfide) groups is 1. The van der Waals surface area contributed by atoms with Crippen molar-refractivity contribution >= 4 is 39.5 Å². The number of hydrogen-bond acceptors (Lipinski definition) is 6. The largest absolute Gasteiger partial charge is 0.382 e. The first-order chi connectivity index (χ1) is 11.0. The first kappa shape index (κ1) is 21.1. The van der Waals surface area contributed by atoms with Gasteiger partial charge in [-0.2, -0.15) is 8.42 Å². The Bertz CT molecular complexity index is 617. The van der Waals surface area contributed by atoms with Gasteiger partial charge in [-0.3, -0.25) is 4.79 Å². The van der Waals surface area contributed by atoms with Crippen molar-refractivity contribution in [1.82, 2.24) is 10.2 Å². The molecule has 0 radical (unpaired) electrons. The predicted molar refractivity (Wildman–Crippen MR) is 99.5 cm³/mol. The third kappa shape index (κ3) is 6.88. The monoisotopic (exact) mass is 394 g/mol. The summed E-state index contributed by atoms with van der Waals surface area (Å²) in [5.41, 5.74) is 0.957. The molecule has 6 nitrogen and oxygen atoms in total. The van der Waals surface area contributed by atoms with Gasteiger partial charge in [0.2, 0.25) is 0 Å². The lowest BCUT2D eigenvalue weighted by molar-refractivity contribution is 0.215. The second kappa shape index (κ2) is 10.1. The molecule has 1 aromatic carbocycles. The van der Waals surface area contributed by atoms with Crippen LogP contribution in [0.25, 0.3) is 0 Å². The standard InChI is InChI=1S/C15H22N2O4S2.ClH/c1-2-11-23(19,20)21-14-5-3-13(4-6-14)12-22-15(18)17-9-7-16-8-10-17;/h3-6,16H,2,7-12H2,1H3;1H. The molecule has 0 aromatic heterocycles. The Hall–Kier alpha value is -0.960. The van der Waals surface area contributed by atoms with Crippen LogP contribution >= 0.6 is 24.2 Å². The highest BCUT2D eigenvalue weighted by molar-refractivity contribution is 8.12. The van der Waals surface area contributed by atoms with Crippen LogP contribution in [-0.4, -0.2) is 50.5 Å². The Balaban J connectivity index is 0.00000288. The summed E-state index contributed by atoms with van der Waals surface area (Å²) in [6.07, 6.45) is 0.519. The molecule has 1 N–H and O–H groups in total. The molecule has 2 rings (SSSR count). The van der Waals surface area contributed by atoms with E-state index in [0.29, 0.717) is 17.9 Å². The number of piperazine rings is 1. The smallest absolute Gasteiger partial charge is 0.309 e. The lowest BCUT2D eigenvalue weighted by Gasteiger charge is -2.26. The summed E-state index contributed by atoms with van der Waals surface area (Å²) in [6, 6.07) is 6.82. The normalized spacial score (nSPS) is 14.8. The van der Waals surface area contributed by atoms with Gasteiger partial charge in [-0.05, 0) is 24.1 Å². The molecule has 9 heteroatoms. The molecular weight excluding hydrogens is 372 g/mol. The van der Waals surface area contributed by atoms with Crippen molar-refractivity contribution in [2.24, 2.45) is 0 Å². The van der Waals surface area contributed by atoms with Crippen LogP contribution in [0.4, 0.5) is 4.79 Å². The van der Waals surface area contributed by atoms with Gasteiger partial charge in [0.25, 0.3) is 5.24 Å². The van der Waals surface area contributed by atoms with Crippen molar-refractivity contribution in [2.75, 3.05) is 31.9 Å². The molecule has 136 valence electrons. The second-order valence-corrected chi connectivity index (χ2v) is 7.90. The van der Waals surface area contributed by atoms with Gasteiger partial charge < -0.3 is 14.4 Å². The molecule has 1 saturated heterocycles. The van der Waals surface area contributed by atoms with Crippen LogP contribution in [0.5, 0.6) is 5.75 Å². The molecule has 1 aromatic rings. The van der Waals surface area contributed by atoms with Crippen molar-refractivity contribution < 1.29 is 17.4 Å². The minimum atomic E-state index is -3.51. The summed E-state index contributed by atoms with van der Waals surface area (Å²) in [5, 5.41) is 3.29. The minimum absolute atomic E-state index is 0. The number of benzene rings is 1. The Labute approximate surface area is 153 Å². The average molecular weight is 395 g/mol. The maximum absolute atomic E-state index is 12.1. The van der Waals surface area contributed by atoms with Gasteiger partial charge in [0.1, 0.15) is 5.75 Å². The van der Waals surface area contributed by atoms with E-state index in [-0.39, 0.29) is 23.4 Å². The number of nitrogens with zero attached hydrogens (tertiary/aromatic N) is 1. The molecule has 0 bridgehead atoms. The summed E-state index contributed by atoms with van der Waals surface area (Å²) >= 11 is 1.26. The molecule has 1 aliphatic heterocycles. The van der Waals surface area contributed by atoms with Crippen molar-refractivity contribution in [3.63, 3.8) is 0 Å². The molecule has 1 amide bonds. The minimum Gasteiger partial charge on any atom is -0.382 e. The zero-order chi connectivity index (χ0) is 16.7. The van der Waals surface area contributed by atoms with Crippen molar-refractivity contribution in [3.05, 3.63) is 29.8 Å². The number of hydrogen-bond donors (Lipinski definition) is 1. The van der Waals surface area contributed by atoms with E-state index in [1.807, 2.05) is 4.90 Å². The summed E-state index contributed by atoms with van der Waals surface area (Å²) in [7, 11) is -3.51. The fourth-order valence-corrected chi connectivity index (χ4v) is 4.00. The highest BCUT2D eigenvalue weighted by Gasteiger charge is 2.16. The second-order valence-electron chi connectivity index (χ2n) is 5.28. The summed E-state index contributed by atoms with van der Waals surface area (Å²) in [6.45, 7) is 4.95. The topological polar surface area (TPSA) is 75.7 Å². The summed E-state index contributed by atoms with van der Waals surface area (Å²) in [5.74, 6) is 0.870. The number of carbonyl (C=O) groups excluding carboxylic acids is 1. The van der Waals surface area contributed by atoms with E-state index < -0.39 is 10.1 Å². The fourth-order valence-electron chi connectivity index (χ4n) is 2.16. The predicted octanol–water partition coefficient (Wildman–Crippen LogP) is 2.49. The zero-order valence-corrected chi connectivity index (χ0v) is 16.0. The highest BCUT2D eigenvalue weighted by Crippen LogP contribution is 2.20. The molecule has 0 saturated carbocycles. The van der Waals surface area contributed by atoms with Crippen molar-refractivity contribution in [1.29, 1.82) is 0 Å². The Morgan fingerprint density at radius 2 is 1.88 bits per heavy atom. The van der Waals surface area contributed by atoms with Crippen LogP contribution < -0.4 is 9.50 Å². The Morgan fingerprint density at radius 1 is 1.25 bits per heavy atom. The zero-order valence-electron chi connectivity index (χ0n) is 13.6. The number of halogens is 1. The molecule has 1 fully saturated rings. The quantitative estimate of drug-likeness (QED) is 0.747. The van der Waals surface area contributed by atoms with E-state index >= 15 is 0 Å². The van der Waals surface area contributed by atoms with Crippen LogP contribution in [0.3, 0.4) is 0 Å². The van der Waals surface area contributed by atoms with E-state index in [9.17, 15) is 13.2 Å². The van der Waals surface area contributed by atoms with Crippen LogP contribution in [0.1, 0.15) is 18.9 Å². The Kier molecular flexibility index (Phi) is 8.90. The first-order valence-corrected chi connectivity index (χ1v) is 10.2. The van der Waals surface area contributed by atoms with Gasteiger partial charge in [0.05, 0.1) is 5.75 Å². The molecule has 0 aliphatic carbocycles. The van der Waals surface area contributed by atoms with Gasteiger partial charge in [0, 0.05) is 31.9 Å². The van der Waals surface area contributed by atoms with Crippen molar-refractivity contribution in [3.8, 4) is 5.75 Å². The van der Waals surface area contributed by atoms with Gasteiger partial charge in [-0.1, -0.05) is 30.8 Å². The van der Waals surface area contributed by atoms with E-state index in [0.717, 1.165) is 31.7 Å².